The maximum atomic E-state index is 13.1. The molecule has 1 aromatic rings. The number of aryl methyl sites for hydroxylation is 1. The first kappa shape index (κ1) is 15.2. The molecular weight excluding hydrogens is 286 g/mol. The van der Waals surface area contributed by atoms with E-state index in [2.05, 4.69) is 31.2 Å². The SMILES string of the molecule is CCn1nccc1CNC(=O)C12CC3CC(C)(CC(C)(C3)C1)C2. The highest BCUT2D eigenvalue weighted by atomic mass is 16.2. The Labute approximate surface area is 139 Å². The lowest BCUT2D eigenvalue weighted by atomic mass is 9.40. The summed E-state index contributed by atoms with van der Waals surface area (Å²) in [5.41, 5.74) is 1.76. The Morgan fingerprint density at radius 2 is 1.96 bits per heavy atom. The number of amides is 1. The van der Waals surface area contributed by atoms with Crippen LogP contribution in [0.4, 0.5) is 0 Å². The quantitative estimate of drug-likeness (QED) is 0.924. The molecular formula is C19H29N3O. The van der Waals surface area contributed by atoms with Gasteiger partial charge in [-0.25, -0.2) is 0 Å². The van der Waals surface area contributed by atoms with Crippen molar-refractivity contribution in [2.45, 2.75) is 72.4 Å². The second-order valence-electron chi connectivity index (χ2n) is 9.23. The van der Waals surface area contributed by atoms with Gasteiger partial charge in [-0.3, -0.25) is 9.48 Å². The minimum atomic E-state index is -0.111. The molecule has 1 aromatic heterocycles. The fourth-order valence-corrected chi connectivity index (χ4v) is 6.85. The van der Waals surface area contributed by atoms with Crippen molar-refractivity contribution in [2.24, 2.45) is 22.2 Å². The van der Waals surface area contributed by atoms with E-state index in [0.29, 0.717) is 23.3 Å². The van der Waals surface area contributed by atoms with E-state index in [0.717, 1.165) is 37.4 Å². The number of nitrogens with zero attached hydrogens (tertiary/aromatic N) is 2. The molecule has 0 spiro atoms. The van der Waals surface area contributed by atoms with Crippen molar-refractivity contribution in [3.05, 3.63) is 18.0 Å². The summed E-state index contributed by atoms with van der Waals surface area (Å²) in [6, 6.07) is 2.01. The molecule has 4 nitrogen and oxygen atoms in total. The fraction of sp³-hybridized carbons (Fsp3) is 0.789. The fourth-order valence-electron chi connectivity index (χ4n) is 6.85. The molecule has 4 bridgehead atoms. The number of carbonyl (C=O) groups excluding carboxylic acids is 1. The van der Waals surface area contributed by atoms with E-state index >= 15 is 0 Å². The average Bonchev–Trinajstić information content (AvgIpc) is 2.88. The summed E-state index contributed by atoms with van der Waals surface area (Å²) in [6.07, 6.45) is 9.08. The number of hydrogen-bond acceptors (Lipinski definition) is 2. The van der Waals surface area contributed by atoms with Crippen LogP contribution in [0, 0.1) is 22.2 Å². The Hall–Kier alpha value is -1.32. The molecule has 0 saturated heterocycles. The molecule has 0 radical (unpaired) electrons. The highest BCUT2D eigenvalue weighted by Crippen LogP contribution is 2.69. The second kappa shape index (κ2) is 4.84. The lowest BCUT2D eigenvalue weighted by molar-refractivity contribution is -0.170. The molecule has 2 unspecified atom stereocenters. The Morgan fingerprint density at radius 1 is 1.26 bits per heavy atom. The van der Waals surface area contributed by atoms with Crippen LogP contribution in [0.25, 0.3) is 0 Å². The van der Waals surface area contributed by atoms with Crippen LogP contribution < -0.4 is 5.32 Å². The summed E-state index contributed by atoms with van der Waals surface area (Å²) in [5, 5.41) is 7.54. The molecule has 4 heteroatoms. The van der Waals surface area contributed by atoms with E-state index in [1.807, 2.05) is 16.9 Å². The van der Waals surface area contributed by atoms with Crippen molar-refractivity contribution in [2.75, 3.05) is 0 Å². The molecule has 5 rings (SSSR count). The topological polar surface area (TPSA) is 46.9 Å². The van der Waals surface area contributed by atoms with Gasteiger partial charge in [0, 0.05) is 12.7 Å². The third-order valence-electron chi connectivity index (χ3n) is 6.64. The van der Waals surface area contributed by atoms with Crippen molar-refractivity contribution in [3.63, 3.8) is 0 Å². The van der Waals surface area contributed by atoms with Gasteiger partial charge < -0.3 is 5.32 Å². The molecule has 1 N–H and O–H groups in total. The summed E-state index contributed by atoms with van der Waals surface area (Å²) in [6.45, 7) is 8.38. The van der Waals surface area contributed by atoms with Gasteiger partial charge in [-0.05, 0) is 68.3 Å². The first-order valence-corrected chi connectivity index (χ1v) is 9.15. The standard InChI is InChI=1S/C19H29N3O/c1-4-22-15(5-6-21-22)10-20-16(23)19-9-14-7-17(2,12-19)11-18(3,8-14)13-19/h5-6,14H,4,7-13H2,1-3H3,(H,20,23). The third-order valence-corrected chi connectivity index (χ3v) is 6.64. The molecule has 4 aliphatic carbocycles. The van der Waals surface area contributed by atoms with Crippen molar-refractivity contribution >= 4 is 5.91 Å². The van der Waals surface area contributed by atoms with Crippen molar-refractivity contribution in [3.8, 4) is 0 Å². The number of aromatic nitrogens is 2. The Kier molecular flexibility index (Phi) is 3.20. The van der Waals surface area contributed by atoms with Crippen LogP contribution in [0.2, 0.25) is 0 Å². The van der Waals surface area contributed by atoms with Crippen LogP contribution in [0.1, 0.15) is 65.0 Å². The van der Waals surface area contributed by atoms with Crippen molar-refractivity contribution in [1.29, 1.82) is 0 Å². The molecule has 126 valence electrons. The molecule has 1 heterocycles. The summed E-state index contributed by atoms with van der Waals surface area (Å²) in [7, 11) is 0. The van der Waals surface area contributed by atoms with E-state index in [9.17, 15) is 4.79 Å². The number of carbonyl (C=O) groups is 1. The van der Waals surface area contributed by atoms with E-state index in [4.69, 9.17) is 0 Å². The van der Waals surface area contributed by atoms with Crippen LogP contribution in [0.15, 0.2) is 12.3 Å². The average molecular weight is 315 g/mol. The molecule has 23 heavy (non-hydrogen) atoms. The predicted octanol–water partition coefficient (Wildman–Crippen LogP) is 3.52. The zero-order chi connectivity index (χ0) is 16.3. The Morgan fingerprint density at radius 3 is 2.57 bits per heavy atom. The molecule has 1 amide bonds. The summed E-state index contributed by atoms with van der Waals surface area (Å²) < 4.78 is 1.96. The smallest absolute Gasteiger partial charge is 0.226 e. The third kappa shape index (κ3) is 2.41. The van der Waals surface area contributed by atoms with E-state index in [1.54, 1.807) is 0 Å². The van der Waals surface area contributed by atoms with E-state index in [-0.39, 0.29) is 5.41 Å². The molecule has 2 atom stereocenters. The molecule has 0 aliphatic heterocycles. The second-order valence-corrected chi connectivity index (χ2v) is 9.23. The van der Waals surface area contributed by atoms with Gasteiger partial charge in [-0.15, -0.1) is 0 Å². The van der Waals surface area contributed by atoms with Gasteiger partial charge >= 0.3 is 0 Å². The molecule has 4 aliphatic rings. The molecule has 4 saturated carbocycles. The maximum absolute atomic E-state index is 13.1. The minimum absolute atomic E-state index is 0.111. The largest absolute Gasteiger partial charge is 0.350 e. The highest BCUT2D eigenvalue weighted by Gasteiger charge is 2.62. The van der Waals surface area contributed by atoms with Crippen molar-refractivity contribution < 1.29 is 4.79 Å². The lowest BCUT2D eigenvalue weighted by Gasteiger charge is -2.64. The maximum Gasteiger partial charge on any atom is 0.226 e. The molecule has 0 aromatic carbocycles. The van der Waals surface area contributed by atoms with Gasteiger partial charge in [-0.2, -0.15) is 5.10 Å². The van der Waals surface area contributed by atoms with Crippen LogP contribution in [-0.2, 0) is 17.9 Å². The first-order valence-electron chi connectivity index (χ1n) is 9.15. The molecule has 4 fully saturated rings. The van der Waals surface area contributed by atoms with Crippen molar-refractivity contribution in [1.82, 2.24) is 15.1 Å². The van der Waals surface area contributed by atoms with Gasteiger partial charge in [0.05, 0.1) is 17.7 Å². The monoisotopic (exact) mass is 315 g/mol. The number of nitrogens with one attached hydrogen (secondary N) is 1. The number of rotatable bonds is 4. The zero-order valence-electron chi connectivity index (χ0n) is 14.7. The summed E-state index contributed by atoms with van der Waals surface area (Å²) >= 11 is 0. The predicted molar refractivity (Wildman–Crippen MR) is 89.6 cm³/mol. The van der Waals surface area contributed by atoms with Crippen LogP contribution in [-0.4, -0.2) is 15.7 Å². The van der Waals surface area contributed by atoms with Gasteiger partial charge in [0.1, 0.15) is 0 Å². The Bertz CT molecular complexity index is 616. The van der Waals surface area contributed by atoms with Gasteiger partial charge in [0.2, 0.25) is 5.91 Å². The Balaban J connectivity index is 1.52. The van der Waals surface area contributed by atoms with Crippen LogP contribution in [0.5, 0.6) is 0 Å². The number of hydrogen-bond donors (Lipinski definition) is 1. The van der Waals surface area contributed by atoms with E-state index in [1.165, 1.54) is 19.3 Å². The van der Waals surface area contributed by atoms with Gasteiger partial charge in [-0.1, -0.05) is 13.8 Å². The highest BCUT2D eigenvalue weighted by molar-refractivity contribution is 5.83. The van der Waals surface area contributed by atoms with Gasteiger partial charge in [0.25, 0.3) is 0 Å². The zero-order valence-corrected chi connectivity index (χ0v) is 14.7. The van der Waals surface area contributed by atoms with Crippen LogP contribution in [0.3, 0.4) is 0 Å². The lowest BCUT2D eigenvalue weighted by Crippen LogP contribution is -2.59. The summed E-state index contributed by atoms with van der Waals surface area (Å²) in [5.74, 6) is 1.05. The minimum Gasteiger partial charge on any atom is -0.350 e. The van der Waals surface area contributed by atoms with Crippen LogP contribution >= 0.6 is 0 Å². The normalized spacial score (nSPS) is 41.3. The summed E-state index contributed by atoms with van der Waals surface area (Å²) in [4.78, 5) is 13.1. The first-order chi connectivity index (χ1) is 10.9. The van der Waals surface area contributed by atoms with E-state index < -0.39 is 0 Å². The van der Waals surface area contributed by atoms with Gasteiger partial charge in [0.15, 0.2) is 0 Å².